The number of hydrogen-bond acceptors (Lipinski definition) is 6. The number of esters is 1. The molecule has 0 amide bonds. The fourth-order valence-electron chi connectivity index (χ4n) is 2.95. The predicted octanol–water partition coefficient (Wildman–Crippen LogP) is 4.08. The summed E-state index contributed by atoms with van der Waals surface area (Å²) in [6.45, 7) is 0. The predicted molar refractivity (Wildman–Crippen MR) is 101 cm³/mol. The summed E-state index contributed by atoms with van der Waals surface area (Å²) in [7, 11) is 1.59. The fourth-order valence-corrected chi connectivity index (χ4v) is 5.79. The lowest BCUT2D eigenvalue weighted by molar-refractivity contribution is -0.141. The summed E-state index contributed by atoms with van der Waals surface area (Å²) in [6, 6.07) is 13.5. The molecule has 0 N–H and O–H groups in total. The van der Waals surface area contributed by atoms with E-state index in [-0.39, 0.29) is 0 Å². The normalized spacial score (nSPS) is 19.3. The van der Waals surface area contributed by atoms with Crippen LogP contribution >= 0.6 is 23.5 Å². The van der Waals surface area contributed by atoms with E-state index >= 15 is 0 Å². The zero-order valence-electron chi connectivity index (χ0n) is 13.8. The molecule has 0 aliphatic carbocycles. The highest BCUT2D eigenvalue weighted by Crippen LogP contribution is 2.47. The van der Waals surface area contributed by atoms with Crippen LogP contribution in [0.4, 0.5) is 0 Å². The zero-order valence-corrected chi connectivity index (χ0v) is 15.4. The van der Waals surface area contributed by atoms with Crippen molar-refractivity contribution in [2.45, 2.75) is 17.1 Å². The summed E-state index contributed by atoms with van der Waals surface area (Å²) in [5, 5.41) is 0. The minimum absolute atomic E-state index is 0.396. The van der Waals surface area contributed by atoms with Crippen LogP contribution in [0.15, 0.2) is 42.5 Å². The standard InChI is InChI=1S/C19H18O4S2/c1-21-16-11-13(19-24-8-9-25-19)6-7-15(16)23-18(20)17-10-12-4-2-3-5-14(12)22-17/h2-7,11,17,19H,8-10H2,1H3. The monoisotopic (exact) mass is 374 g/mol. The average Bonchev–Trinajstić information content (AvgIpc) is 3.31. The number of carbonyl (C=O) groups is 1. The van der Waals surface area contributed by atoms with Crippen LogP contribution in [0.2, 0.25) is 0 Å². The molecule has 1 atom stereocenters. The second-order valence-electron chi connectivity index (χ2n) is 5.82. The maximum Gasteiger partial charge on any atom is 0.353 e. The quantitative estimate of drug-likeness (QED) is 0.593. The van der Waals surface area contributed by atoms with Gasteiger partial charge >= 0.3 is 5.97 Å². The Kier molecular flexibility index (Phi) is 4.81. The molecule has 2 aromatic carbocycles. The van der Waals surface area contributed by atoms with Crippen molar-refractivity contribution in [3.05, 3.63) is 53.6 Å². The molecule has 2 aliphatic rings. The van der Waals surface area contributed by atoms with Crippen LogP contribution in [0, 0.1) is 0 Å². The van der Waals surface area contributed by atoms with Crippen LogP contribution in [0.5, 0.6) is 17.2 Å². The van der Waals surface area contributed by atoms with Gasteiger partial charge in [-0.15, -0.1) is 23.5 Å². The van der Waals surface area contributed by atoms with Gasteiger partial charge in [-0.05, 0) is 29.3 Å². The van der Waals surface area contributed by atoms with E-state index in [1.807, 2.05) is 66.0 Å². The molecule has 2 heterocycles. The van der Waals surface area contributed by atoms with E-state index in [2.05, 4.69) is 0 Å². The van der Waals surface area contributed by atoms with Crippen molar-refractivity contribution in [2.75, 3.05) is 18.6 Å². The first-order valence-corrected chi connectivity index (χ1v) is 10.2. The van der Waals surface area contributed by atoms with E-state index in [1.165, 1.54) is 5.56 Å². The third kappa shape index (κ3) is 3.46. The highest BCUT2D eigenvalue weighted by atomic mass is 32.2. The van der Waals surface area contributed by atoms with Gasteiger partial charge in [0.05, 0.1) is 11.7 Å². The van der Waals surface area contributed by atoms with E-state index < -0.39 is 12.1 Å². The van der Waals surface area contributed by atoms with Crippen LogP contribution in [-0.2, 0) is 11.2 Å². The van der Waals surface area contributed by atoms with Crippen molar-refractivity contribution >= 4 is 29.5 Å². The molecule has 0 saturated carbocycles. The van der Waals surface area contributed by atoms with Crippen molar-refractivity contribution in [3.63, 3.8) is 0 Å². The van der Waals surface area contributed by atoms with Gasteiger partial charge in [-0.25, -0.2) is 4.79 Å². The lowest BCUT2D eigenvalue weighted by atomic mass is 10.1. The number of methoxy groups -OCH3 is 1. The van der Waals surface area contributed by atoms with Gasteiger partial charge in [0.1, 0.15) is 5.75 Å². The third-order valence-electron chi connectivity index (χ3n) is 4.20. The molecule has 4 nitrogen and oxygen atoms in total. The minimum atomic E-state index is -0.609. The van der Waals surface area contributed by atoms with Gasteiger partial charge in [-0.3, -0.25) is 0 Å². The molecule has 0 bridgehead atoms. The SMILES string of the molecule is COc1cc(C2SCCS2)ccc1OC(=O)C1Cc2ccccc2O1. The Bertz CT molecular complexity index is 762. The summed E-state index contributed by atoms with van der Waals surface area (Å²) in [6.07, 6.45) is -0.0761. The summed E-state index contributed by atoms with van der Waals surface area (Å²) >= 11 is 3.85. The smallest absolute Gasteiger partial charge is 0.353 e. The van der Waals surface area contributed by atoms with Gasteiger partial charge in [-0.1, -0.05) is 24.3 Å². The number of rotatable bonds is 4. The topological polar surface area (TPSA) is 44.8 Å². The molecule has 1 saturated heterocycles. The van der Waals surface area contributed by atoms with Gasteiger partial charge in [-0.2, -0.15) is 0 Å². The first-order chi connectivity index (χ1) is 12.2. The molecule has 0 aromatic heterocycles. The zero-order chi connectivity index (χ0) is 17.2. The third-order valence-corrected chi connectivity index (χ3v) is 7.31. The number of benzene rings is 2. The van der Waals surface area contributed by atoms with E-state index in [1.54, 1.807) is 7.11 Å². The van der Waals surface area contributed by atoms with Crippen LogP contribution in [0.3, 0.4) is 0 Å². The lowest BCUT2D eigenvalue weighted by Crippen LogP contribution is -2.29. The molecule has 6 heteroatoms. The molecule has 2 aromatic rings. The maximum atomic E-state index is 12.5. The first kappa shape index (κ1) is 16.7. The number of para-hydroxylation sites is 1. The largest absolute Gasteiger partial charge is 0.493 e. The average molecular weight is 374 g/mol. The summed E-state index contributed by atoms with van der Waals surface area (Å²) in [5.74, 6) is 3.69. The highest BCUT2D eigenvalue weighted by Gasteiger charge is 2.31. The number of ether oxygens (including phenoxy) is 3. The summed E-state index contributed by atoms with van der Waals surface area (Å²) in [4.78, 5) is 12.5. The number of hydrogen-bond donors (Lipinski definition) is 0. The van der Waals surface area contributed by atoms with Crippen LogP contribution in [-0.4, -0.2) is 30.7 Å². The van der Waals surface area contributed by atoms with Gasteiger partial charge in [0.15, 0.2) is 17.6 Å². The Morgan fingerprint density at radius 1 is 1.12 bits per heavy atom. The van der Waals surface area contributed by atoms with Crippen molar-refractivity contribution in [2.24, 2.45) is 0 Å². The van der Waals surface area contributed by atoms with E-state index in [0.29, 0.717) is 22.5 Å². The second kappa shape index (κ2) is 7.22. The van der Waals surface area contributed by atoms with Crippen LogP contribution in [0.25, 0.3) is 0 Å². The molecule has 130 valence electrons. The Balaban J connectivity index is 1.48. The molecular formula is C19H18O4S2. The van der Waals surface area contributed by atoms with Crippen molar-refractivity contribution in [1.82, 2.24) is 0 Å². The van der Waals surface area contributed by atoms with Gasteiger partial charge < -0.3 is 14.2 Å². The first-order valence-electron chi connectivity index (χ1n) is 8.12. The van der Waals surface area contributed by atoms with Crippen LogP contribution in [0.1, 0.15) is 15.7 Å². The lowest BCUT2D eigenvalue weighted by Gasteiger charge is -2.15. The van der Waals surface area contributed by atoms with E-state index in [4.69, 9.17) is 14.2 Å². The molecule has 4 rings (SSSR count). The Hall–Kier alpha value is -1.79. The highest BCUT2D eigenvalue weighted by molar-refractivity contribution is 8.19. The van der Waals surface area contributed by atoms with Gasteiger partial charge in [0.2, 0.25) is 0 Å². The molecule has 1 fully saturated rings. The summed E-state index contributed by atoms with van der Waals surface area (Å²) in [5.41, 5.74) is 2.22. The Morgan fingerprint density at radius 2 is 1.92 bits per heavy atom. The van der Waals surface area contributed by atoms with E-state index in [9.17, 15) is 4.79 Å². The number of carbonyl (C=O) groups excluding carboxylic acids is 1. The second-order valence-corrected chi connectivity index (χ2v) is 8.55. The van der Waals surface area contributed by atoms with E-state index in [0.717, 1.165) is 22.8 Å². The number of fused-ring (bicyclic) bond motifs is 1. The van der Waals surface area contributed by atoms with Gasteiger partial charge in [0, 0.05) is 17.9 Å². The molecular weight excluding hydrogens is 356 g/mol. The fraction of sp³-hybridized carbons (Fsp3) is 0.316. The molecule has 25 heavy (non-hydrogen) atoms. The molecule has 0 radical (unpaired) electrons. The van der Waals surface area contributed by atoms with Crippen molar-refractivity contribution in [3.8, 4) is 17.2 Å². The molecule has 2 aliphatic heterocycles. The Labute approximate surface area is 155 Å². The van der Waals surface area contributed by atoms with Crippen LogP contribution < -0.4 is 14.2 Å². The van der Waals surface area contributed by atoms with Crippen molar-refractivity contribution < 1.29 is 19.0 Å². The Morgan fingerprint density at radius 3 is 2.68 bits per heavy atom. The minimum Gasteiger partial charge on any atom is -0.493 e. The molecule has 1 unspecified atom stereocenters. The number of thioether (sulfide) groups is 2. The maximum absolute atomic E-state index is 12.5. The van der Waals surface area contributed by atoms with Crippen molar-refractivity contribution in [1.29, 1.82) is 0 Å². The summed E-state index contributed by atoms with van der Waals surface area (Å²) < 4.78 is 17.1. The van der Waals surface area contributed by atoms with Gasteiger partial charge in [0.25, 0.3) is 0 Å². The molecule has 0 spiro atoms.